The molecule has 5 rings (SSSR count). The average Bonchev–Trinajstić information content (AvgIpc) is 3.16. The maximum Gasteiger partial charge on any atom is 0.159 e. The summed E-state index contributed by atoms with van der Waals surface area (Å²) in [6, 6.07) is 15.3. The number of Topliss-reactive ketones (excluding diaryl/α,β-unsaturated/α-hetero) is 1. The summed E-state index contributed by atoms with van der Waals surface area (Å²) in [7, 11) is 4.26. The number of nitrogens with zero attached hydrogens (tertiary/aromatic N) is 6. The first-order chi connectivity index (χ1) is 15.9. The molecular formula is C26H30N6O. The normalized spacial score (nSPS) is 20.7. The van der Waals surface area contributed by atoms with E-state index in [1.807, 2.05) is 36.5 Å². The molecule has 2 fully saturated rings. The molecule has 33 heavy (non-hydrogen) atoms. The van der Waals surface area contributed by atoms with Crippen LogP contribution in [0.15, 0.2) is 42.6 Å². The Hall–Kier alpha value is -3.37. The zero-order valence-electron chi connectivity index (χ0n) is 19.5. The molecule has 1 aliphatic carbocycles. The highest BCUT2D eigenvalue weighted by Crippen LogP contribution is 2.38. The minimum atomic E-state index is 0.0938. The van der Waals surface area contributed by atoms with Crippen molar-refractivity contribution >= 4 is 28.3 Å². The molecule has 1 aromatic carbocycles. The van der Waals surface area contributed by atoms with E-state index in [-0.39, 0.29) is 5.78 Å². The van der Waals surface area contributed by atoms with E-state index in [9.17, 15) is 10.1 Å². The lowest BCUT2D eigenvalue weighted by atomic mass is 9.86. The van der Waals surface area contributed by atoms with Gasteiger partial charge in [0, 0.05) is 61.1 Å². The summed E-state index contributed by atoms with van der Waals surface area (Å²) in [6.45, 7) is 5.16. The second-order valence-corrected chi connectivity index (χ2v) is 9.42. The maximum absolute atomic E-state index is 11.5. The Balaban J connectivity index is 1.33. The first kappa shape index (κ1) is 21.5. The van der Waals surface area contributed by atoms with Crippen molar-refractivity contribution in [2.45, 2.75) is 31.8 Å². The van der Waals surface area contributed by atoms with E-state index in [2.05, 4.69) is 45.5 Å². The van der Waals surface area contributed by atoms with Gasteiger partial charge in [-0.3, -0.25) is 4.79 Å². The van der Waals surface area contributed by atoms with Gasteiger partial charge in [-0.1, -0.05) is 0 Å². The van der Waals surface area contributed by atoms with Crippen LogP contribution in [-0.2, 0) is 0 Å². The Morgan fingerprint density at radius 1 is 1.03 bits per heavy atom. The van der Waals surface area contributed by atoms with Crippen molar-refractivity contribution in [2.24, 2.45) is 0 Å². The molecule has 0 spiro atoms. The lowest BCUT2D eigenvalue weighted by molar-refractivity contribution is 0.101. The minimum absolute atomic E-state index is 0.0938. The number of rotatable bonds is 5. The number of benzene rings is 1. The zero-order chi connectivity index (χ0) is 23.1. The van der Waals surface area contributed by atoms with Gasteiger partial charge >= 0.3 is 0 Å². The van der Waals surface area contributed by atoms with Gasteiger partial charge in [-0.15, -0.1) is 0 Å². The number of fused-ring (bicyclic) bond motifs is 1. The predicted octanol–water partition coefficient (Wildman–Crippen LogP) is 3.70. The molecular weight excluding hydrogens is 412 g/mol. The summed E-state index contributed by atoms with van der Waals surface area (Å²) in [5, 5.41) is 10.6. The summed E-state index contributed by atoms with van der Waals surface area (Å²) in [4.78, 5) is 23.5. The number of nitriles is 1. The van der Waals surface area contributed by atoms with Crippen molar-refractivity contribution in [1.29, 1.82) is 5.26 Å². The maximum atomic E-state index is 11.5. The van der Waals surface area contributed by atoms with Gasteiger partial charge in [-0.2, -0.15) is 5.26 Å². The van der Waals surface area contributed by atoms with Crippen LogP contribution in [0.2, 0.25) is 0 Å². The average molecular weight is 443 g/mol. The molecule has 0 atom stereocenters. The fraction of sp³-hybridized carbons (Fsp3) is 0.423. The third-order valence-corrected chi connectivity index (χ3v) is 7.24. The van der Waals surface area contributed by atoms with Gasteiger partial charge in [0.15, 0.2) is 5.78 Å². The number of piperazine rings is 1. The van der Waals surface area contributed by atoms with Gasteiger partial charge < -0.3 is 19.3 Å². The highest BCUT2D eigenvalue weighted by Gasteiger charge is 2.33. The van der Waals surface area contributed by atoms with E-state index in [1.165, 1.54) is 0 Å². The summed E-state index contributed by atoms with van der Waals surface area (Å²) in [5.41, 5.74) is 3.53. The number of carbonyl (C=O) groups is 1. The molecule has 7 heteroatoms. The highest BCUT2D eigenvalue weighted by atomic mass is 16.1. The highest BCUT2D eigenvalue weighted by molar-refractivity contribution is 5.94. The van der Waals surface area contributed by atoms with Crippen molar-refractivity contribution in [1.82, 2.24) is 14.5 Å². The van der Waals surface area contributed by atoms with Crippen molar-refractivity contribution in [3.8, 4) is 6.07 Å². The first-order valence-electron chi connectivity index (χ1n) is 11.6. The summed E-state index contributed by atoms with van der Waals surface area (Å²) >= 11 is 0. The fourth-order valence-corrected chi connectivity index (χ4v) is 4.97. The van der Waals surface area contributed by atoms with E-state index in [1.54, 1.807) is 6.92 Å². The Bertz CT molecular complexity index is 1210. The number of ketones is 1. The van der Waals surface area contributed by atoms with E-state index in [0.717, 1.165) is 67.1 Å². The Morgan fingerprint density at radius 2 is 1.70 bits per heavy atom. The Morgan fingerprint density at radius 3 is 2.30 bits per heavy atom. The Kier molecular flexibility index (Phi) is 5.55. The van der Waals surface area contributed by atoms with Crippen LogP contribution in [0, 0.1) is 11.3 Å². The number of pyridine rings is 1. The summed E-state index contributed by atoms with van der Waals surface area (Å²) < 4.78 is 2.23. The molecule has 3 aromatic rings. The first-order valence-corrected chi connectivity index (χ1v) is 11.6. The second kappa shape index (κ2) is 8.53. The van der Waals surface area contributed by atoms with Crippen molar-refractivity contribution in [3.63, 3.8) is 0 Å². The quantitative estimate of drug-likeness (QED) is 0.561. The van der Waals surface area contributed by atoms with Crippen LogP contribution in [0.1, 0.15) is 41.7 Å². The van der Waals surface area contributed by atoms with Gasteiger partial charge in [0.05, 0.1) is 5.56 Å². The monoisotopic (exact) mass is 442 g/mol. The number of hydrogen-bond acceptors (Lipinski definition) is 6. The molecule has 2 aromatic heterocycles. The molecule has 3 heterocycles. The minimum Gasteiger partial charge on any atom is -0.368 e. The topological polar surface area (TPSA) is 68.4 Å². The molecule has 0 N–H and O–H groups in total. The number of hydrogen-bond donors (Lipinski definition) is 0. The predicted molar refractivity (Wildman–Crippen MR) is 131 cm³/mol. The molecule has 1 saturated heterocycles. The Labute approximate surface area is 194 Å². The van der Waals surface area contributed by atoms with Gasteiger partial charge in [-0.05, 0) is 70.3 Å². The van der Waals surface area contributed by atoms with Crippen LogP contribution in [0.25, 0.3) is 11.0 Å². The summed E-state index contributed by atoms with van der Waals surface area (Å²) in [6.07, 6.45) is 4.17. The van der Waals surface area contributed by atoms with Crippen LogP contribution in [-0.4, -0.2) is 66.6 Å². The van der Waals surface area contributed by atoms with E-state index < -0.39 is 0 Å². The van der Waals surface area contributed by atoms with Crippen LogP contribution in [0.3, 0.4) is 0 Å². The van der Waals surface area contributed by atoms with E-state index in [4.69, 9.17) is 4.98 Å². The standard InChI is InChI=1S/C26H30N6O/c1-18(33)19-4-6-21(7-5-19)30-10-12-31(13-11-30)25-9-8-24-20(16-27)17-32(26(24)28-25)23-14-22(15-23)29(2)3/h4-9,17,22-23H,10-15H2,1-3H3. The molecule has 170 valence electrons. The van der Waals surface area contributed by atoms with Crippen LogP contribution < -0.4 is 9.80 Å². The molecule has 7 nitrogen and oxygen atoms in total. The second-order valence-electron chi connectivity index (χ2n) is 9.42. The van der Waals surface area contributed by atoms with E-state index >= 15 is 0 Å². The third-order valence-electron chi connectivity index (χ3n) is 7.24. The number of carbonyl (C=O) groups excluding carboxylic acids is 1. The summed E-state index contributed by atoms with van der Waals surface area (Å²) in [5.74, 6) is 1.07. The van der Waals surface area contributed by atoms with Crippen molar-refractivity contribution in [3.05, 3.63) is 53.7 Å². The van der Waals surface area contributed by atoms with Crippen LogP contribution >= 0.6 is 0 Å². The largest absolute Gasteiger partial charge is 0.368 e. The van der Waals surface area contributed by atoms with Crippen LogP contribution in [0.5, 0.6) is 0 Å². The van der Waals surface area contributed by atoms with Crippen molar-refractivity contribution in [2.75, 3.05) is 50.1 Å². The third kappa shape index (κ3) is 3.96. The van der Waals surface area contributed by atoms with Gasteiger partial charge in [-0.25, -0.2) is 4.98 Å². The molecule has 1 saturated carbocycles. The fourth-order valence-electron chi connectivity index (χ4n) is 4.97. The molecule has 0 amide bonds. The lowest BCUT2D eigenvalue weighted by Crippen LogP contribution is -2.46. The van der Waals surface area contributed by atoms with Gasteiger partial charge in [0.25, 0.3) is 0 Å². The van der Waals surface area contributed by atoms with Gasteiger partial charge in [0.2, 0.25) is 0 Å². The van der Waals surface area contributed by atoms with E-state index in [0.29, 0.717) is 17.6 Å². The van der Waals surface area contributed by atoms with Crippen LogP contribution in [0.4, 0.5) is 11.5 Å². The molecule has 0 unspecified atom stereocenters. The van der Waals surface area contributed by atoms with Gasteiger partial charge in [0.1, 0.15) is 17.5 Å². The molecule has 2 aliphatic rings. The smallest absolute Gasteiger partial charge is 0.159 e. The zero-order valence-corrected chi connectivity index (χ0v) is 19.5. The lowest BCUT2D eigenvalue weighted by Gasteiger charge is -2.40. The van der Waals surface area contributed by atoms with Crippen molar-refractivity contribution < 1.29 is 4.79 Å². The number of aromatic nitrogens is 2. The molecule has 0 bridgehead atoms. The SMILES string of the molecule is CC(=O)c1ccc(N2CCN(c3ccc4c(C#N)cn(C5CC(N(C)C)C5)c4n3)CC2)cc1. The molecule has 0 radical (unpaired) electrons. The molecule has 1 aliphatic heterocycles. The number of anilines is 2.